The fourth-order valence-electron chi connectivity index (χ4n) is 1.89. The molecule has 0 unspecified atom stereocenters. The van der Waals surface area contributed by atoms with Crippen molar-refractivity contribution >= 4 is 17.7 Å². The lowest BCUT2D eigenvalue weighted by Crippen LogP contribution is -2.30. The predicted molar refractivity (Wildman–Crippen MR) is 69.8 cm³/mol. The number of benzene rings is 1. The van der Waals surface area contributed by atoms with Crippen molar-refractivity contribution in [3.8, 4) is 0 Å². The zero-order chi connectivity index (χ0) is 12.1. The van der Waals surface area contributed by atoms with Crippen LogP contribution >= 0.6 is 11.8 Å². The highest BCUT2D eigenvalue weighted by Crippen LogP contribution is 2.15. The van der Waals surface area contributed by atoms with Crippen LogP contribution in [-0.2, 0) is 10.5 Å². The number of β-amino-alcohol motifs (C(OH)–C–C–N with tert-alkyl or cyclic N) is 1. The molecule has 1 amide bonds. The first kappa shape index (κ1) is 12.5. The topological polar surface area (TPSA) is 40.5 Å². The second kappa shape index (κ2) is 6.07. The summed E-state index contributed by atoms with van der Waals surface area (Å²) in [5.74, 6) is 1.51. The van der Waals surface area contributed by atoms with Crippen LogP contribution in [0.1, 0.15) is 12.0 Å². The molecule has 1 saturated heterocycles. The molecule has 1 N–H and O–H groups in total. The Morgan fingerprint density at radius 2 is 2.18 bits per heavy atom. The summed E-state index contributed by atoms with van der Waals surface area (Å²) in [7, 11) is 0. The van der Waals surface area contributed by atoms with Gasteiger partial charge in [0.05, 0.1) is 11.9 Å². The van der Waals surface area contributed by atoms with Crippen molar-refractivity contribution in [1.29, 1.82) is 0 Å². The van der Waals surface area contributed by atoms with Crippen LogP contribution in [0.5, 0.6) is 0 Å². The normalized spacial score (nSPS) is 19.6. The van der Waals surface area contributed by atoms with E-state index in [9.17, 15) is 9.90 Å². The summed E-state index contributed by atoms with van der Waals surface area (Å²) in [5, 5.41) is 9.35. The van der Waals surface area contributed by atoms with Gasteiger partial charge in [0, 0.05) is 18.8 Å². The van der Waals surface area contributed by atoms with Gasteiger partial charge in [0.15, 0.2) is 0 Å². The molecule has 0 saturated carbocycles. The van der Waals surface area contributed by atoms with Crippen molar-refractivity contribution in [2.75, 3.05) is 18.8 Å². The van der Waals surface area contributed by atoms with Gasteiger partial charge in [-0.2, -0.15) is 0 Å². The monoisotopic (exact) mass is 251 g/mol. The Morgan fingerprint density at radius 3 is 2.82 bits per heavy atom. The third-order valence-corrected chi connectivity index (χ3v) is 3.84. The average Bonchev–Trinajstić information content (AvgIpc) is 2.77. The number of carbonyl (C=O) groups excluding carboxylic acids is 1. The van der Waals surface area contributed by atoms with E-state index in [-0.39, 0.29) is 12.0 Å². The molecule has 1 aliphatic rings. The minimum atomic E-state index is -0.321. The fraction of sp³-hybridized carbons (Fsp3) is 0.462. The van der Waals surface area contributed by atoms with E-state index < -0.39 is 0 Å². The molecule has 1 aliphatic heterocycles. The summed E-state index contributed by atoms with van der Waals surface area (Å²) in [4.78, 5) is 13.5. The van der Waals surface area contributed by atoms with Crippen LogP contribution in [0.2, 0.25) is 0 Å². The molecular formula is C13H17NO2S. The number of amides is 1. The molecule has 0 aliphatic carbocycles. The quantitative estimate of drug-likeness (QED) is 0.882. The van der Waals surface area contributed by atoms with Crippen LogP contribution in [-0.4, -0.2) is 40.9 Å². The van der Waals surface area contributed by atoms with Gasteiger partial charge in [0.1, 0.15) is 0 Å². The summed E-state index contributed by atoms with van der Waals surface area (Å²) < 4.78 is 0. The third kappa shape index (κ3) is 3.75. The lowest BCUT2D eigenvalue weighted by atomic mass is 10.2. The van der Waals surface area contributed by atoms with Crippen LogP contribution in [0.15, 0.2) is 30.3 Å². The zero-order valence-electron chi connectivity index (χ0n) is 9.71. The number of thioether (sulfide) groups is 1. The van der Waals surface area contributed by atoms with Gasteiger partial charge in [-0.3, -0.25) is 4.79 Å². The molecule has 92 valence electrons. The summed E-state index contributed by atoms with van der Waals surface area (Å²) >= 11 is 1.63. The van der Waals surface area contributed by atoms with Crippen molar-refractivity contribution in [2.45, 2.75) is 18.3 Å². The molecule has 1 aromatic carbocycles. The lowest BCUT2D eigenvalue weighted by molar-refractivity contribution is -0.127. The highest BCUT2D eigenvalue weighted by Gasteiger charge is 2.23. The van der Waals surface area contributed by atoms with Crippen molar-refractivity contribution < 1.29 is 9.90 Å². The van der Waals surface area contributed by atoms with Gasteiger partial charge in [-0.25, -0.2) is 0 Å². The summed E-state index contributed by atoms with van der Waals surface area (Å²) in [6, 6.07) is 10.1. The van der Waals surface area contributed by atoms with Gasteiger partial charge in [-0.05, 0) is 12.0 Å². The number of carbonyl (C=O) groups is 1. The minimum Gasteiger partial charge on any atom is -0.391 e. The smallest absolute Gasteiger partial charge is 0.232 e. The molecule has 0 bridgehead atoms. The van der Waals surface area contributed by atoms with Crippen molar-refractivity contribution in [3.63, 3.8) is 0 Å². The van der Waals surface area contributed by atoms with Crippen LogP contribution in [0.4, 0.5) is 0 Å². The standard InChI is InChI=1S/C13H17NO2S/c15-12-6-7-14(8-12)13(16)10-17-9-11-4-2-1-3-5-11/h1-5,12,15H,6-10H2/t12-/m1/s1. The van der Waals surface area contributed by atoms with Gasteiger partial charge < -0.3 is 10.0 Å². The van der Waals surface area contributed by atoms with Gasteiger partial charge in [-0.15, -0.1) is 11.8 Å². The van der Waals surface area contributed by atoms with E-state index in [4.69, 9.17) is 0 Å². The largest absolute Gasteiger partial charge is 0.391 e. The van der Waals surface area contributed by atoms with Crippen LogP contribution in [0.3, 0.4) is 0 Å². The molecule has 1 atom stereocenters. The number of nitrogens with zero attached hydrogens (tertiary/aromatic N) is 1. The second-order valence-electron chi connectivity index (χ2n) is 4.26. The minimum absolute atomic E-state index is 0.141. The first-order valence-electron chi connectivity index (χ1n) is 5.83. The molecular weight excluding hydrogens is 234 g/mol. The first-order valence-corrected chi connectivity index (χ1v) is 6.98. The van der Waals surface area contributed by atoms with E-state index >= 15 is 0 Å². The van der Waals surface area contributed by atoms with E-state index in [1.165, 1.54) is 5.56 Å². The Hall–Kier alpha value is -1.00. The molecule has 1 aromatic rings. The molecule has 1 fully saturated rings. The molecule has 0 radical (unpaired) electrons. The summed E-state index contributed by atoms with van der Waals surface area (Å²) in [6.07, 6.45) is 0.396. The van der Waals surface area contributed by atoms with Crippen LogP contribution < -0.4 is 0 Å². The Labute approximate surface area is 106 Å². The van der Waals surface area contributed by atoms with E-state index in [0.717, 1.165) is 12.2 Å². The fourth-order valence-corrected chi connectivity index (χ4v) is 2.78. The molecule has 17 heavy (non-hydrogen) atoms. The molecule has 4 heteroatoms. The van der Waals surface area contributed by atoms with E-state index in [1.807, 2.05) is 18.2 Å². The van der Waals surface area contributed by atoms with Crippen molar-refractivity contribution in [2.24, 2.45) is 0 Å². The highest BCUT2D eigenvalue weighted by atomic mass is 32.2. The van der Waals surface area contributed by atoms with Crippen molar-refractivity contribution in [1.82, 2.24) is 4.90 Å². The number of rotatable bonds is 4. The number of aliphatic hydroxyl groups excluding tert-OH is 1. The Balaban J connectivity index is 1.70. The predicted octanol–water partition coefficient (Wildman–Crippen LogP) is 1.51. The maximum atomic E-state index is 11.8. The van der Waals surface area contributed by atoms with E-state index in [0.29, 0.717) is 18.8 Å². The van der Waals surface area contributed by atoms with Gasteiger partial charge in [-0.1, -0.05) is 30.3 Å². The number of hydrogen-bond donors (Lipinski definition) is 1. The number of aliphatic hydroxyl groups is 1. The van der Waals surface area contributed by atoms with Crippen LogP contribution in [0, 0.1) is 0 Å². The number of hydrogen-bond acceptors (Lipinski definition) is 3. The van der Waals surface area contributed by atoms with E-state index in [2.05, 4.69) is 12.1 Å². The molecule has 0 aromatic heterocycles. The molecule has 2 rings (SSSR count). The van der Waals surface area contributed by atoms with Crippen LogP contribution in [0.25, 0.3) is 0 Å². The second-order valence-corrected chi connectivity index (χ2v) is 5.25. The third-order valence-electron chi connectivity index (χ3n) is 2.85. The highest BCUT2D eigenvalue weighted by molar-refractivity contribution is 7.99. The summed E-state index contributed by atoms with van der Waals surface area (Å²) in [6.45, 7) is 1.20. The maximum absolute atomic E-state index is 11.8. The molecule has 0 spiro atoms. The zero-order valence-corrected chi connectivity index (χ0v) is 10.5. The van der Waals surface area contributed by atoms with E-state index in [1.54, 1.807) is 16.7 Å². The summed E-state index contributed by atoms with van der Waals surface area (Å²) in [5.41, 5.74) is 1.24. The Kier molecular flexibility index (Phi) is 4.45. The Bertz CT molecular complexity index is 369. The lowest BCUT2D eigenvalue weighted by Gasteiger charge is -2.14. The van der Waals surface area contributed by atoms with Crippen molar-refractivity contribution in [3.05, 3.63) is 35.9 Å². The molecule has 1 heterocycles. The van der Waals surface area contributed by atoms with Gasteiger partial charge in [0.2, 0.25) is 5.91 Å². The van der Waals surface area contributed by atoms with Gasteiger partial charge in [0.25, 0.3) is 0 Å². The number of likely N-dealkylation sites (tertiary alicyclic amines) is 1. The van der Waals surface area contributed by atoms with Gasteiger partial charge >= 0.3 is 0 Å². The first-order chi connectivity index (χ1) is 8.25. The SMILES string of the molecule is O=C(CSCc1ccccc1)N1CC[C@@H](O)C1. The molecule has 3 nitrogen and oxygen atoms in total. The Morgan fingerprint density at radius 1 is 1.41 bits per heavy atom. The average molecular weight is 251 g/mol. The maximum Gasteiger partial charge on any atom is 0.232 e.